The molecule has 1 aromatic carbocycles. The van der Waals surface area contributed by atoms with Gasteiger partial charge in [-0.3, -0.25) is 4.21 Å². The normalized spacial score (nSPS) is 14.5. The van der Waals surface area contributed by atoms with Gasteiger partial charge in [0.05, 0.1) is 11.0 Å². The first-order valence-corrected chi connectivity index (χ1v) is 9.13. The Kier molecular flexibility index (Phi) is 5.38. The SMILES string of the molecule is Cc1cc2c(cc1F)nc(CCCl)n2CCC(C)S(C)=O. The molecule has 6 heteroatoms. The van der Waals surface area contributed by atoms with Crippen molar-refractivity contribution in [2.45, 2.75) is 38.5 Å². The first-order chi connectivity index (χ1) is 9.93. The third-order valence-corrected chi connectivity index (χ3v) is 5.31. The number of hydrogen-bond donors (Lipinski definition) is 0. The van der Waals surface area contributed by atoms with E-state index in [1.165, 1.54) is 6.07 Å². The van der Waals surface area contributed by atoms with Crippen LogP contribution in [0.4, 0.5) is 4.39 Å². The van der Waals surface area contributed by atoms with Gasteiger partial charge < -0.3 is 4.57 Å². The summed E-state index contributed by atoms with van der Waals surface area (Å²) in [6, 6.07) is 3.29. The van der Waals surface area contributed by atoms with Crippen molar-refractivity contribution < 1.29 is 8.60 Å². The maximum absolute atomic E-state index is 13.7. The second-order valence-electron chi connectivity index (χ2n) is 5.31. The molecule has 0 spiro atoms. The zero-order valence-corrected chi connectivity index (χ0v) is 14.1. The second-order valence-corrected chi connectivity index (χ2v) is 7.49. The van der Waals surface area contributed by atoms with Crippen LogP contribution in [0.1, 0.15) is 24.7 Å². The van der Waals surface area contributed by atoms with Crippen LogP contribution in [0.15, 0.2) is 12.1 Å². The van der Waals surface area contributed by atoms with Crippen molar-refractivity contribution in [1.82, 2.24) is 9.55 Å². The molecule has 2 unspecified atom stereocenters. The Morgan fingerprint density at radius 3 is 2.81 bits per heavy atom. The van der Waals surface area contributed by atoms with Gasteiger partial charge in [0, 0.05) is 47.2 Å². The number of halogens is 2. The summed E-state index contributed by atoms with van der Waals surface area (Å²) in [5.41, 5.74) is 2.18. The van der Waals surface area contributed by atoms with Crippen LogP contribution < -0.4 is 0 Å². The van der Waals surface area contributed by atoms with E-state index in [9.17, 15) is 8.60 Å². The van der Waals surface area contributed by atoms with Crippen molar-refractivity contribution in [3.8, 4) is 0 Å². The number of aryl methyl sites for hydroxylation is 3. The molecule has 1 aromatic heterocycles. The third-order valence-electron chi connectivity index (χ3n) is 3.75. The van der Waals surface area contributed by atoms with Crippen molar-refractivity contribution in [2.75, 3.05) is 12.1 Å². The molecule has 116 valence electrons. The van der Waals surface area contributed by atoms with Gasteiger partial charge in [-0.15, -0.1) is 11.6 Å². The van der Waals surface area contributed by atoms with E-state index in [4.69, 9.17) is 11.6 Å². The summed E-state index contributed by atoms with van der Waals surface area (Å²) in [6.07, 6.45) is 3.15. The van der Waals surface area contributed by atoms with Crippen molar-refractivity contribution in [3.63, 3.8) is 0 Å². The number of hydrogen-bond acceptors (Lipinski definition) is 2. The van der Waals surface area contributed by atoms with Gasteiger partial charge in [-0.1, -0.05) is 6.92 Å². The van der Waals surface area contributed by atoms with Crippen molar-refractivity contribution >= 4 is 33.4 Å². The summed E-state index contributed by atoms with van der Waals surface area (Å²) < 4.78 is 27.2. The van der Waals surface area contributed by atoms with E-state index in [1.807, 2.05) is 13.0 Å². The minimum atomic E-state index is -0.844. The lowest BCUT2D eigenvalue weighted by atomic mass is 10.2. The number of aromatic nitrogens is 2. The van der Waals surface area contributed by atoms with E-state index >= 15 is 0 Å². The number of imidazole rings is 1. The molecule has 3 nitrogen and oxygen atoms in total. The van der Waals surface area contributed by atoms with Crippen LogP contribution in [-0.2, 0) is 23.8 Å². The molecule has 21 heavy (non-hydrogen) atoms. The molecule has 0 saturated heterocycles. The molecule has 0 amide bonds. The van der Waals surface area contributed by atoms with Crippen LogP contribution in [0.2, 0.25) is 0 Å². The van der Waals surface area contributed by atoms with Gasteiger partial charge in [-0.2, -0.15) is 0 Å². The van der Waals surface area contributed by atoms with Gasteiger partial charge in [-0.25, -0.2) is 9.37 Å². The monoisotopic (exact) mass is 330 g/mol. The zero-order valence-electron chi connectivity index (χ0n) is 12.5. The van der Waals surface area contributed by atoms with E-state index in [0.29, 0.717) is 29.9 Å². The van der Waals surface area contributed by atoms with Gasteiger partial charge in [0.25, 0.3) is 0 Å². The number of benzene rings is 1. The van der Waals surface area contributed by atoms with E-state index in [1.54, 1.807) is 13.2 Å². The molecule has 2 rings (SSSR count). The molecule has 0 aliphatic rings. The summed E-state index contributed by atoms with van der Waals surface area (Å²) in [6.45, 7) is 4.44. The van der Waals surface area contributed by atoms with Crippen LogP contribution in [0.25, 0.3) is 11.0 Å². The summed E-state index contributed by atoms with van der Waals surface area (Å²) in [5.74, 6) is 1.09. The molecular formula is C15H20ClFN2OS. The lowest BCUT2D eigenvalue weighted by molar-refractivity contribution is 0.609. The minimum absolute atomic E-state index is 0.118. The average Bonchev–Trinajstić information content (AvgIpc) is 2.74. The first-order valence-electron chi connectivity index (χ1n) is 6.97. The fraction of sp³-hybridized carbons (Fsp3) is 0.533. The fourth-order valence-corrected chi connectivity index (χ4v) is 2.91. The van der Waals surface area contributed by atoms with Crippen molar-refractivity contribution in [1.29, 1.82) is 0 Å². The molecule has 0 saturated carbocycles. The number of alkyl halides is 1. The molecule has 0 fully saturated rings. The maximum Gasteiger partial charge on any atom is 0.128 e. The Bertz CT molecular complexity index is 671. The van der Waals surface area contributed by atoms with E-state index in [0.717, 1.165) is 17.8 Å². The van der Waals surface area contributed by atoms with E-state index in [-0.39, 0.29) is 11.1 Å². The van der Waals surface area contributed by atoms with Crippen LogP contribution >= 0.6 is 11.6 Å². The Morgan fingerprint density at radius 1 is 1.48 bits per heavy atom. The van der Waals surface area contributed by atoms with Crippen molar-refractivity contribution in [3.05, 3.63) is 29.3 Å². The lowest BCUT2D eigenvalue weighted by Crippen LogP contribution is -2.14. The summed E-state index contributed by atoms with van der Waals surface area (Å²) in [5, 5.41) is 0.118. The average molecular weight is 331 g/mol. The lowest BCUT2D eigenvalue weighted by Gasteiger charge is -2.12. The van der Waals surface area contributed by atoms with Gasteiger partial charge in [0.2, 0.25) is 0 Å². The predicted molar refractivity (Wildman–Crippen MR) is 87.0 cm³/mol. The molecule has 0 bridgehead atoms. The van der Waals surface area contributed by atoms with Gasteiger partial charge in [0.15, 0.2) is 0 Å². The maximum atomic E-state index is 13.7. The minimum Gasteiger partial charge on any atom is -0.328 e. The largest absolute Gasteiger partial charge is 0.328 e. The molecule has 2 atom stereocenters. The van der Waals surface area contributed by atoms with Crippen molar-refractivity contribution in [2.24, 2.45) is 0 Å². The van der Waals surface area contributed by atoms with Crippen LogP contribution in [-0.4, -0.2) is 31.1 Å². The molecule has 0 radical (unpaired) electrons. The first kappa shape index (κ1) is 16.4. The third kappa shape index (κ3) is 3.64. The highest BCUT2D eigenvalue weighted by molar-refractivity contribution is 7.84. The highest BCUT2D eigenvalue weighted by Gasteiger charge is 2.14. The van der Waals surface area contributed by atoms with Crippen LogP contribution in [0.5, 0.6) is 0 Å². The quantitative estimate of drug-likeness (QED) is 0.761. The van der Waals surface area contributed by atoms with Crippen LogP contribution in [0, 0.1) is 12.7 Å². The number of rotatable bonds is 6. The summed E-state index contributed by atoms with van der Waals surface area (Å²) in [4.78, 5) is 4.49. The second kappa shape index (κ2) is 6.88. The summed E-state index contributed by atoms with van der Waals surface area (Å²) >= 11 is 5.84. The number of nitrogens with zero attached hydrogens (tertiary/aromatic N) is 2. The highest BCUT2D eigenvalue weighted by Crippen LogP contribution is 2.22. The molecule has 0 aliphatic heterocycles. The highest BCUT2D eigenvalue weighted by atomic mass is 35.5. The smallest absolute Gasteiger partial charge is 0.128 e. The standard InChI is InChI=1S/C15H20ClFN2OS/c1-10-8-14-13(9-12(10)17)18-15(4-6-16)19(14)7-5-11(2)21(3)20/h8-9,11H,4-7H2,1-3H3. The molecule has 0 N–H and O–H groups in total. The topological polar surface area (TPSA) is 34.9 Å². The Balaban J connectivity index is 2.40. The van der Waals surface area contributed by atoms with E-state index < -0.39 is 10.8 Å². The number of fused-ring (bicyclic) bond motifs is 1. The molecule has 2 aromatic rings. The predicted octanol–water partition coefficient (Wildman–Crippen LogP) is 3.42. The van der Waals surface area contributed by atoms with Gasteiger partial charge in [0.1, 0.15) is 11.6 Å². The van der Waals surface area contributed by atoms with Crippen LogP contribution in [0.3, 0.4) is 0 Å². The molecular weight excluding hydrogens is 311 g/mol. The Labute approximate surface area is 132 Å². The molecule has 1 heterocycles. The molecule has 0 aliphatic carbocycles. The Morgan fingerprint density at radius 2 is 2.19 bits per heavy atom. The van der Waals surface area contributed by atoms with E-state index in [2.05, 4.69) is 9.55 Å². The fourth-order valence-electron chi connectivity index (χ4n) is 2.30. The zero-order chi connectivity index (χ0) is 15.6. The Hall–Kier alpha value is -0.940. The summed E-state index contributed by atoms with van der Waals surface area (Å²) in [7, 11) is -0.844. The van der Waals surface area contributed by atoms with Gasteiger partial charge in [-0.05, 0) is 25.0 Å². The van der Waals surface area contributed by atoms with Gasteiger partial charge >= 0.3 is 0 Å².